The molecule has 0 saturated heterocycles. The molecule has 1 aromatic carbocycles. The molecular formula is C13H14O2. The molecule has 1 heterocycles. The van der Waals surface area contributed by atoms with Crippen LogP contribution >= 0.6 is 0 Å². The minimum Gasteiger partial charge on any atom is -0.497 e. The largest absolute Gasteiger partial charge is 0.497 e. The first kappa shape index (κ1) is 9.84. The predicted octanol–water partition coefficient (Wildman–Crippen LogP) is 3.19. The summed E-state index contributed by atoms with van der Waals surface area (Å²) in [6.45, 7) is 1.95. The van der Waals surface area contributed by atoms with Gasteiger partial charge in [0, 0.05) is 6.42 Å². The van der Waals surface area contributed by atoms with Gasteiger partial charge in [0.25, 0.3) is 0 Å². The second-order valence-corrected chi connectivity index (χ2v) is 3.54. The zero-order valence-electron chi connectivity index (χ0n) is 8.99. The summed E-state index contributed by atoms with van der Waals surface area (Å²) in [5.74, 6) is 2.82. The lowest BCUT2D eigenvalue weighted by molar-refractivity contribution is 0.414. The summed E-state index contributed by atoms with van der Waals surface area (Å²) < 4.78 is 10.7. The second kappa shape index (κ2) is 4.22. The van der Waals surface area contributed by atoms with Gasteiger partial charge in [-0.1, -0.05) is 12.1 Å². The molecule has 0 unspecified atom stereocenters. The van der Waals surface area contributed by atoms with E-state index in [0.29, 0.717) is 0 Å². The van der Waals surface area contributed by atoms with Gasteiger partial charge in [0.05, 0.1) is 7.11 Å². The number of aryl methyl sites for hydroxylation is 1. The average Bonchev–Trinajstić information content (AvgIpc) is 2.64. The summed E-state index contributed by atoms with van der Waals surface area (Å²) in [6.07, 6.45) is 0.811. The Bertz CT molecular complexity index is 443. The first-order valence-electron chi connectivity index (χ1n) is 4.96. The van der Waals surface area contributed by atoms with Gasteiger partial charge >= 0.3 is 0 Å². The van der Waals surface area contributed by atoms with E-state index in [1.165, 1.54) is 5.56 Å². The summed E-state index contributed by atoms with van der Waals surface area (Å²) in [5, 5.41) is 0. The van der Waals surface area contributed by atoms with Crippen LogP contribution in [0.3, 0.4) is 0 Å². The number of benzene rings is 1. The number of hydrogen-bond acceptors (Lipinski definition) is 2. The van der Waals surface area contributed by atoms with E-state index in [2.05, 4.69) is 6.07 Å². The molecular weight excluding hydrogens is 188 g/mol. The van der Waals surface area contributed by atoms with Crippen LogP contribution in [0.1, 0.15) is 17.1 Å². The number of ether oxygens (including phenoxy) is 1. The van der Waals surface area contributed by atoms with E-state index in [1.807, 2.05) is 37.3 Å². The van der Waals surface area contributed by atoms with Gasteiger partial charge in [-0.25, -0.2) is 0 Å². The molecule has 0 radical (unpaired) electrons. The molecule has 0 spiro atoms. The van der Waals surface area contributed by atoms with Gasteiger partial charge in [0.1, 0.15) is 17.3 Å². The zero-order chi connectivity index (χ0) is 10.7. The molecule has 2 aromatic rings. The fourth-order valence-electron chi connectivity index (χ4n) is 1.56. The molecule has 0 aliphatic heterocycles. The summed E-state index contributed by atoms with van der Waals surface area (Å²) in [7, 11) is 1.68. The molecule has 0 aliphatic carbocycles. The SMILES string of the molecule is COc1cccc(Cc2ccc(C)o2)c1. The van der Waals surface area contributed by atoms with E-state index in [1.54, 1.807) is 7.11 Å². The zero-order valence-corrected chi connectivity index (χ0v) is 8.99. The third-order valence-electron chi connectivity index (χ3n) is 2.31. The van der Waals surface area contributed by atoms with Crippen molar-refractivity contribution in [3.05, 3.63) is 53.5 Å². The van der Waals surface area contributed by atoms with Crippen LogP contribution in [0.2, 0.25) is 0 Å². The Labute approximate surface area is 89.5 Å². The van der Waals surface area contributed by atoms with Crippen molar-refractivity contribution in [2.45, 2.75) is 13.3 Å². The first-order valence-corrected chi connectivity index (χ1v) is 4.96. The maximum atomic E-state index is 5.52. The van der Waals surface area contributed by atoms with Gasteiger partial charge < -0.3 is 9.15 Å². The third-order valence-corrected chi connectivity index (χ3v) is 2.31. The van der Waals surface area contributed by atoms with Gasteiger partial charge in [0.2, 0.25) is 0 Å². The Morgan fingerprint density at radius 3 is 2.73 bits per heavy atom. The van der Waals surface area contributed by atoms with Crippen LogP contribution in [0.25, 0.3) is 0 Å². The van der Waals surface area contributed by atoms with E-state index in [0.717, 1.165) is 23.7 Å². The van der Waals surface area contributed by atoms with Gasteiger partial charge in [0.15, 0.2) is 0 Å². The first-order chi connectivity index (χ1) is 7.28. The molecule has 2 heteroatoms. The maximum absolute atomic E-state index is 5.52. The fourth-order valence-corrected chi connectivity index (χ4v) is 1.56. The Morgan fingerprint density at radius 2 is 2.07 bits per heavy atom. The quantitative estimate of drug-likeness (QED) is 0.762. The highest BCUT2D eigenvalue weighted by atomic mass is 16.5. The normalized spacial score (nSPS) is 10.3. The van der Waals surface area contributed by atoms with Gasteiger partial charge in [-0.15, -0.1) is 0 Å². The summed E-state index contributed by atoms with van der Waals surface area (Å²) >= 11 is 0. The lowest BCUT2D eigenvalue weighted by Gasteiger charge is -2.02. The highest BCUT2D eigenvalue weighted by molar-refractivity contribution is 5.30. The molecule has 0 N–H and O–H groups in total. The predicted molar refractivity (Wildman–Crippen MR) is 59.2 cm³/mol. The second-order valence-electron chi connectivity index (χ2n) is 3.54. The van der Waals surface area contributed by atoms with E-state index < -0.39 is 0 Å². The molecule has 15 heavy (non-hydrogen) atoms. The van der Waals surface area contributed by atoms with E-state index >= 15 is 0 Å². The summed E-state index contributed by atoms with van der Waals surface area (Å²) in [5.41, 5.74) is 1.20. The molecule has 0 saturated carbocycles. The molecule has 1 aromatic heterocycles. The van der Waals surface area contributed by atoms with E-state index in [9.17, 15) is 0 Å². The maximum Gasteiger partial charge on any atom is 0.119 e. The van der Waals surface area contributed by atoms with Crippen LogP contribution in [0.5, 0.6) is 5.75 Å². The van der Waals surface area contributed by atoms with Crippen molar-refractivity contribution in [3.8, 4) is 5.75 Å². The Balaban J connectivity index is 2.16. The number of furan rings is 1. The highest BCUT2D eigenvalue weighted by Crippen LogP contribution is 2.17. The molecule has 2 rings (SSSR count). The molecule has 0 atom stereocenters. The number of methoxy groups -OCH3 is 1. The van der Waals surface area contributed by atoms with Crippen LogP contribution < -0.4 is 4.74 Å². The fraction of sp³-hybridized carbons (Fsp3) is 0.231. The molecule has 0 fully saturated rings. The van der Waals surface area contributed by atoms with Crippen LogP contribution in [0.15, 0.2) is 40.8 Å². The molecule has 2 nitrogen and oxygen atoms in total. The van der Waals surface area contributed by atoms with E-state index in [-0.39, 0.29) is 0 Å². The molecule has 0 aliphatic rings. The van der Waals surface area contributed by atoms with Gasteiger partial charge in [-0.05, 0) is 36.8 Å². The highest BCUT2D eigenvalue weighted by Gasteiger charge is 2.01. The Morgan fingerprint density at radius 1 is 1.20 bits per heavy atom. The minimum atomic E-state index is 0.811. The average molecular weight is 202 g/mol. The van der Waals surface area contributed by atoms with Crippen molar-refractivity contribution in [3.63, 3.8) is 0 Å². The van der Waals surface area contributed by atoms with Crippen LogP contribution in [-0.4, -0.2) is 7.11 Å². The van der Waals surface area contributed by atoms with Gasteiger partial charge in [-0.3, -0.25) is 0 Å². The molecule has 0 amide bonds. The van der Waals surface area contributed by atoms with Crippen molar-refractivity contribution in [2.24, 2.45) is 0 Å². The minimum absolute atomic E-state index is 0.811. The molecule has 78 valence electrons. The summed E-state index contributed by atoms with van der Waals surface area (Å²) in [4.78, 5) is 0. The third kappa shape index (κ3) is 2.40. The van der Waals surface area contributed by atoms with Crippen molar-refractivity contribution in [2.75, 3.05) is 7.11 Å². The number of rotatable bonds is 3. The summed E-state index contributed by atoms with van der Waals surface area (Å²) in [6, 6.07) is 12.0. The lowest BCUT2D eigenvalue weighted by atomic mass is 10.1. The van der Waals surface area contributed by atoms with Crippen LogP contribution in [0.4, 0.5) is 0 Å². The lowest BCUT2D eigenvalue weighted by Crippen LogP contribution is -1.88. The van der Waals surface area contributed by atoms with Gasteiger partial charge in [-0.2, -0.15) is 0 Å². The Hall–Kier alpha value is -1.70. The standard InChI is InChI=1S/C13H14O2/c1-10-6-7-13(15-10)9-11-4-3-5-12(8-11)14-2/h3-8H,9H2,1-2H3. The monoisotopic (exact) mass is 202 g/mol. The smallest absolute Gasteiger partial charge is 0.119 e. The topological polar surface area (TPSA) is 22.4 Å². The van der Waals surface area contributed by atoms with Crippen LogP contribution in [-0.2, 0) is 6.42 Å². The van der Waals surface area contributed by atoms with Crippen molar-refractivity contribution >= 4 is 0 Å². The van der Waals surface area contributed by atoms with Crippen molar-refractivity contribution in [1.29, 1.82) is 0 Å². The Kier molecular flexibility index (Phi) is 2.77. The molecule has 0 bridgehead atoms. The van der Waals surface area contributed by atoms with Crippen molar-refractivity contribution < 1.29 is 9.15 Å². The van der Waals surface area contributed by atoms with E-state index in [4.69, 9.17) is 9.15 Å². The van der Waals surface area contributed by atoms with Crippen molar-refractivity contribution in [1.82, 2.24) is 0 Å². The number of hydrogen-bond donors (Lipinski definition) is 0. The van der Waals surface area contributed by atoms with Crippen LogP contribution in [0, 0.1) is 6.92 Å².